The zero-order valence-electron chi connectivity index (χ0n) is 22.7. The van der Waals surface area contributed by atoms with Crippen molar-refractivity contribution >= 4 is 40.3 Å². The van der Waals surface area contributed by atoms with Crippen LogP contribution < -0.4 is 16.0 Å². The van der Waals surface area contributed by atoms with Crippen LogP contribution in [-0.2, 0) is 19.2 Å². The normalized spacial score (nSPS) is 28.8. The molecule has 1 aromatic carbocycles. The van der Waals surface area contributed by atoms with E-state index in [9.17, 15) is 24.0 Å². The van der Waals surface area contributed by atoms with E-state index in [1.165, 1.54) is 0 Å². The second-order valence-electron chi connectivity index (χ2n) is 12.8. The van der Waals surface area contributed by atoms with E-state index in [-0.39, 0.29) is 23.3 Å². The summed E-state index contributed by atoms with van der Waals surface area (Å²) in [4.78, 5) is 71.4. The molecule has 0 radical (unpaired) electrons. The molecule has 3 heterocycles. The fourth-order valence-electron chi connectivity index (χ4n) is 7.00. The summed E-state index contributed by atoms with van der Waals surface area (Å²) >= 11 is 0. The third-order valence-corrected chi connectivity index (χ3v) is 9.97. The number of piperidine rings is 1. The molecule has 1 unspecified atom stereocenters. The van der Waals surface area contributed by atoms with Crippen LogP contribution in [0, 0.1) is 23.7 Å². The Balaban J connectivity index is 1.15. The number of ketones is 1. The highest BCUT2D eigenvalue weighted by atomic mass is 16.2. The molecule has 4 amide bonds. The predicted octanol–water partition coefficient (Wildman–Crippen LogP) is 1.72. The van der Waals surface area contributed by atoms with E-state index in [4.69, 9.17) is 0 Å². The van der Waals surface area contributed by atoms with Crippen molar-refractivity contribution in [3.05, 3.63) is 35.5 Å². The van der Waals surface area contributed by atoms with E-state index < -0.39 is 41.0 Å². The molecule has 0 bridgehead atoms. The quantitative estimate of drug-likeness (QED) is 0.392. The number of rotatable bonds is 7. The summed E-state index contributed by atoms with van der Waals surface area (Å²) in [5.74, 6) is -2.65. The topological polar surface area (TPSA) is 140 Å². The minimum Gasteiger partial charge on any atom is -0.356 e. The number of aromatic nitrogens is 1. The lowest BCUT2D eigenvalue weighted by Gasteiger charge is -2.39. The molecular weight excluding hydrogens is 510 g/mol. The first-order valence-electron chi connectivity index (χ1n) is 14.5. The van der Waals surface area contributed by atoms with Gasteiger partial charge in [-0.25, -0.2) is 0 Å². The number of benzene rings is 1. The average Bonchev–Trinajstić information content (AvgIpc) is 3.89. The van der Waals surface area contributed by atoms with Crippen LogP contribution in [0.15, 0.2) is 24.3 Å². The number of aromatic amines is 1. The minimum atomic E-state index is -1.10. The Morgan fingerprint density at radius 1 is 1.05 bits per heavy atom. The Bertz CT molecular complexity index is 1460. The lowest BCUT2D eigenvalue weighted by molar-refractivity contribution is -0.141. The average molecular weight is 546 g/mol. The minimum absolute atomic E-state index is 0.00276. The van der Waals surface area contributed by atoms with E-state index in [1.807, 2.05) is 31.2 Å². The van der Waals surface area contributed by atoms with Crippen LogP contribution in [0.25, 0.3) is 10.9 Å². The van der Waals surface area contributed by atoms with Gasteiger partial charge in [-0.2, -0.15) is 0 Å². The van der Waals surface area contributed by atoms with Crippen LogP contribution in [0.3, 0.4) is 0 Å². The highest BCUT2D eigenvalue weighted by Gasteiger charge is 2.66. The zero-order chi connectivity index (χ0) is 27.8. The zero-order valence-corrected chi connectivity index (χ0v) is 22.7. The number of amides is 4. The maximum atomic E-state index is 14.0. The molecule has 10 heteroatoms. The van der Waals surface area contributed by atoms with Crippen molar-refractivity contribution in [3.63, 3.8) is 0 Å². The highest BCUT2D eigenvalue weighted by molar-refractivity contribution is 6.38. The number of hydrogen-bond donors (Lipinski definition) is 4. The van der Waals surface area contributed by atoms with Crippen molar-refractivity contribution in [2.75, 3.05) is 13.1 Å². The van der Waals surface area contributed by atoms with Gasteiger partial charge in [0.05, 0.1) is 5.41 Å². The molecule has 5 aliphatic rings. The lowest BCUT2D eigenvalue weighted by Crippen LogP contribution is -2.58. The number of fused-ring (bicyclic) bond motifs is 1. The molecule has 210 valence electrons. The number of H-pyrrole nitrogens is 1. The molecule has 2 aromatic rings. The number of hydrogen-bond acceptors (Lipinski definition) is 5. The van der Waals surface area contributed by atoms with E-state index >= 15 is 0 Å². The molecule has 7 rings (SSSR count). The lowest BCUT2D eigenvalue weighted by atomic mass is 9.86. The molecule has 10 nitrogen and oxygen atoms in total. The maximum absolute atomic E-state index is 14.0. The number of nitrogens with zero attached hydrogens (tertiary/aromatic N) is 1. The van der Waals surface area contributed by atoms with Gasteiger partial charge in [-0.05, 0) is 81.9 Å². The van der Waals surface area contributed by atoms with Crippen LogP contribution in [-0.4, -0.2) is 70.5 Å². The van der Waals surface area contributed by atoms with Gasteiger partial charge in [0, 0.05) is 36.0 Å². The third kappa shape index (κ3) is 4.28. The summed E-state index contributed by atoms with van der Waals surface area (Å²) in [5.41, 5.74) is 1.70. The SMILES string of the molecule is Cc1ccc2[nH]c(C(=O)N3CCC4(CC4)C[C@H]3C(=O)N[C@H](C(=O)C(=O)NC3CC3)C3C[C@@]34CCNC4=O)cc2c1. The molecule has 2 spiro atoms. The largest absolute Gasteiger partial charge is 0.356 e. The van der Waals surface area contributed by atoms with Gasteiger partial charge < -0.3 is 25.8 Å². The van der Waals surface area contributed by atoms with Crippen LogP contribution >= 0.6 is 0 Å². The van der Waals surface area contributed by atoms with Crippen molar-refractivity contribution in [2.24, 2.45) is 16.7 Å². The Hall–Kier alpha value is -3.69. The fourth-order valence-corrected chi connectivity index (χ4v) is 7.00. The van der Waals surface area contributed by atoms with Crippen molar-refractivity contribution in [1.82, 2.24) is 25.8 Å². The molecule has 1 aromatic heterocycles. The standard InChI is InChI=1S/C30H35N5O5/c1-16-2-5-20-17(12-16)13-21(33-20)27(39)35-11-9-29(6-7-29)15-22(35)25(37)34-23(24(36)26(38)32-18-3-4-18)19-14-30(19)8-10-31-28(30)40/h2,5,12-13,18-19,22-23,33H,3-4,6-11,14-15H2,1H3,(H,31,40)(H,32,38)(H,34,37)/t19?,22-,23-,30-/m0/s1. The molecular formula is C30H35N5O5. The predicted molar refractivity (Wildman–Crippen MR) is 145 cm³/mol. The van der Waals surface area contributed by atoms with Crippen LogP contribution in [0.5, 0.6) is 0 Å². The summed E-state index contributed by atoms with van der Waals surface area (Å²) in [5, 5.41) is 9.41. The van der Waals surface area contributed by atoms with E-state index in [0.29, 0.717) is 38.0 Å². The third-order valence-electron chi connectivity index (χ3n) is 9.97. The van der Waals surface area contributed by atoms with Gasteiger partial charge in [0.15, 0.2) is 0 Å². The number of likely N-dealkylation sites (tertiary alicyclic amines) is 1. The van der Waals surface area contributed by atoms with Gasteiger partial charge >= 0.3 is 0 Å². The molecule has 4 N–H and O–H groups in total. The van der Waals surface area contributed by atoms with Gasteiger partial charge in [0.2, 0.25) is 17.6 Å². The molecule has 2 saturated heterocycles. The van der Waals surface area contributed by atoms with Gasteiger partial charge in [-0.1, -0.05) is 11.6 Å². The number of Topliss-reactive ketones (excluding diaryl/α,β-unsaturated/α-hetero) is 1. The monoisotopic (exact) mass is 545 g/mol. The molecule has 3 aliphatic carbocycles. The van der Waals surface area contributed by atoms with Crippen molar-refractivity contribution in [2.45, 2.75) is 76.4 Å². The summed E-state index contributed by atoms with van der Waals surface area (Å²) in [6.07, 6.45) is 6.09. The molecule has 2 aliphatic heterocycles. The molecule has 40 heavy (non-hydrogen) atoms. The molecule has 4 atom stereocenters. The number of carbonyl (C=O) groups excluding carboxylic acids is 5. The number of aryl methyl sites for hydroxylation is 1. The summed E-state index contributed by atoms with van der Waals surface area (Å²) in [7, 11) is 0. The first-order chi connectivity index (χ1) is 19.2. The van der Waals surface area contributed by atoms with Gasteiger partial charge in [-0.15, -0.1) is 0 Å². The Morgan fingerprint density at radius 2 is 1.85 bits per heavy atom. The summed E-state index contributed by atoms with van der Waals surface area (Å²) in [6.45, 7) is 2.97. The summed E-state index contributed by atoms with van der Waals surface area (Å²) < 4.78 is 0. The van der Waals surface area contributed by atoms with E-state index in [0.717, 1.165) is 48.6 Å². The Kier molecular flexibility index (Phi) is 5.63. The smallest absolute Gasteiger partial charge is 0.289 e. The molecule has 3 saturated carbocycles. The van der Waals surface area contributed by atoms with E-state index in [2.05, 4.69) is 20.9 Å². The van der Waals surface area contributed by atoms with Crippen LogP contribution in [0.1, 0.15) is 67.4 Å². The van der Waals surface area contributed by atoms with Gasteiger partial charge in [0.1, 0.15) is 17.8 Å². The van der Waals surface area contributed by atoms with Crippen molar-refractivity contribution in [3.8, 4) is 0 Å². The van der Waals surface area contributed by atoms with Crippen molar-refractivity contribution in [1.29, 1.82) is 0 Å². The van der Waals surface area contributed by atoms with Crippen molar-refractivity contribution < 1.29 is 24.0 Å². The second-order valence-corrected chi connectivity index (χ2v) is 12.8. The first kappa shape index (κ1) is 25.3. The van der Waals surface area contributed by atoms with E-state index in [1.54, 1.807) is 4.90 Å². The van der Waals surface area contributed by atoms with Gasteiger partial charge in [0.25, 0.3) is 11.8 Å². The maximum Gasteiger partial charge on any atom is 0.289 e. The number of carbonyl (C=O) groups is 5. The van der Waals surface area contributed by atoms with Crippen LogP contribution in [0.4, 0.5) is 0 Å². The summed E-state index contributed by atoms with van der Waals surface area (Å²) in [6, 6.07) is 5.89. The highest BCUT2D eigenvalue weighted by Crippen LogP contribution is 2.59. The Morgan fingerprint density at radius 3 is 2.55 bits per heavy atom. The van der Waals surface area contributed by atoms with Crippen LogP contribution in [0.2, 0.25) is 0 Å². The molecule has 5 fully saturated rings. The van der Waals surface area contributed by atoms with Gasteiger partial charge in [-0.3, -0.25) is 24.0 Å². The second kappa shape index (κ2) is 8.91. The first-order valence-corrected chi connectivity index (χ1v) is 14.5. The number of nitrogens with one attached hydrogen (secondary N) is 4. The fraction of sp³-hybridized carbons (Fsp3) is 0.567. The Labute approximate surface area is 232 Å².